The first kappa shape index (κ1) is 21.6. The van der Waals surface area contributed by atoms with Gasteiger partial charge in [0.2, 0.25) is 17.8 Å². The molecule has 0 aliphatic rings. The van der Waals surface area contributed by atoms with Crippen LogP contribution in [0.15, 0.2) is 23.5 Å². The Morgan fingerprint density at radius 1 is 1.17 bits per heavy atom. The van der Waals surface area contributed by atoms with Gasteiger partial charge < -0.3 is 20.9 Å². The van der Waals surface area contributed by atoms with Crippen LogP contribution in [0.2, 0.25) is 0 Å². The lowest BCUT2D eigenvalue weighted by Gasteiger charge is -2.12. The molecule has 0 spiro atoms. The Hall–Kier alpha value is -3.15. The molecule has 3 heterocycles. The van der Waals surface area contributed by atoms with Gasteiger partial charge in [0, 0.05) is 39.9 Å². The van der Waals surface area contributed by atoms with Crippen molar-refractivity contribution < 1.29 is 4.79 Å². The fourth-order valence-corrected chi connectivity index (χ4v) is 3.35. The molecule has 3 rings (SSSR count). The van der Waals surface area contributed by atoms with Crippen molar-refractivity contribution in [1.29, 1.82) is 0 Å². The van der Waals surface area contributed by atoms with E-state index in [9.17, 15) is 4.79 Å². The van der Waals surface area contributed by atoms with Crippen LogP contribution in [0, 0.1) is 0 Å². The Labute approximate surface area is 179 Å². The Morgan fingerprint density at radius 3 is 2.70 bits per heavy atom. The van der Waals surface area contributed by atoms with Gasteiger partial charge in [0.1, 0.15) is 5.82 Å². The molecule has 0 unspecified atom stereocenters. The van der Waals surface area contributed by atoms with Gasteiger partial charge >= 0.3 is 0 Å². The lowest BCUT2D eigenvalue weighted by Crippen LogP contribution is -2.25. The first-order chi connectivity index (χ1) is 14.5. The average molecular weight is 431 g/mol. The Morgan fingerprint density at radius 2 is 1.97 bits per heavy atom. The second-order valence-electron chi connectivity index (χ2n) is 6.53. The lowest BCUT2D eigenvalue weighted by atomic mass is 10.2. The highest BCUT2D eigenvalue weighted by molar-refractivity contribution is 7.99. The van der Waals surface area contributed by atoms with E-state index in [1.165, 1.54) is 11.8 Å². The number of fused-ring (bicyclic) bond motifs is 1. The molecule has 0 aromatic carbocycles. The third kappa shape index (κ3) is 5.26. The smallest absolute Gasteiger partial charge is 0.261 e. The predicted octanol–water partition coefficient (Wildman–Crippen LogP) is 1.25. The summed E-state index contributed by atoms with van der Waals surface area (Å²) in [4.78, 5) is 27.4. The zero-order valence-corrected chi connectivity index (χ0v) is 18.3. The molecule has 0 bridgehead atoms. The predicted molar refractivity (Wildman–Crippen MR) is 118 cm³/mol. The molecule has 3 aromatic rings. The zero-order chi connectivity index (χ0) is 21.5. The van der Waals surface area contributed by atoms with Crippen LogP contribution in [0.25, 0.3) is 5.78 Å². The molecule has 12 heteroatoms. The van der Waals surface area contributed by atoms with E-state index in [1.807, 2.05) is 45.0 Å². The molecule has 160 valence electrons. The van der Waals surface area contributed by atoms with E-state index in [4.69, 9.17) is 0 Å². The normalized spacial score (nSPS) is 10.8. The average Bonchev–Trinajstić information content (AvgIpc) is 3.14. The summed E-state index contributed by atoms with van der Waals surface area (Å²) in [6.45, 7) is 5.76. The molecular formula is C18H26N10OS. The third-order valence-corrected chi connectivity index (χ3v) is 4.93. The summed E-state index contributed by atoms with van der Waals surface area (Å²) in [5, 5.41) is 18.0. The molecule has 30 heavy (non-hydrogen) atoms. The van der Waals surface area contributed by atoms with Gasteiger partial charge in [0.25, 0.3) is 5.78 Å². The number of pyridine rings is 1. The van der Waals surface area contributed by atoms with E-state index >= 15 is 0 Å². The first-order valence-electron chi connectivity index (χ1n) is 9.64. The van der Waals surface area contributed by atoms with E-state index in [1.54, 1.807) is 10.6 Å². The van der Waals surface area contributed by atoms with Crippen LogP contribution in [-0.4, -0.2) is 68.4 Å². The summed E-state index contributed by atoms with van der Waals surface area (Å²) in [5.74, 6) is 2.44. The molecule has 0 saturated heterocycles. The number of thioether (sulfide) groups is 1. The summed E-state index contributed by atoms with van der Waals surface area (Å²) in [6.07, 6.45) is 1.73. The maximum Gasteiger partial charge on any atom is 0.261 e. The molecule has 0 atom stereocenters. The highest BCUT2D eigenvalue weighted by Crippen LogP contribution is 2.21. The van der Waals surface area contributed by atoms with E-state index in [0.717, 1.165) is 11.4 Å². The number of aromatic nitrogens is 6. The highest BCUT2D eigenvalue weighted by atomic mass is 32.2. The van der Waals surface area contributed by atoms with Gasteiger partial charge in [-0.2, -0.15) is 9.97 Å². The maximum absolute atomic E-state index is 12.3. The van der Waals surface area contributed by atoms with E-state index in [0.29, 0.717) is 42.5 Å². The number of hydrogen-bond donors (Lipinski definition) is 3. The standard InChI is InChI=1S/C18H26N10OS/c1-5-19-15-23-16(20-6-2)28-17(24-15)25-26-18(28)30-11-14(29)22-10-12-7-8-21-13(9-12)27(3)4/h7-9H,5-6,10-11H2,1-4H3,(H,22,29)(H2,19,20,23,24,25). The number of hydrogen-bond acceptors (Lipinski definition) is 10. The Balaban J connectivity index is 1.65. The van der Waals surface area contributed by atoms with Crippen LogP contribution in [0.5, 0.6) is 0 Å². The third-order valence-electron chi connectivity index (χ3n) is 4.01. The quantitative estimate of drug-likeness (QED) is 0.405. The SMILES string of the molecule is CCNc1nc(NCC)n2c(SCC(=O)NCc3ccnc(N(C)C)c3)nnc2n1. The van der Waals surface area contributed by atoms with Crippen molar-refractivity contribution >= 4 is 41.2 Å². The summed E-state index contributed by atoms with van der Waals surface area (Å²) in [6, 6.07) is 3.83. The van der Waals surface area contributed by atoms with Crippen LogP contribution < -0.4 is 20.9 Å². The van der Waals surface area contributed by atoms with Crippen molar-refractivity contribution in [3.05, 3.63) is 23.9 Å². The second-order valence-corrected chi connectivity index (χ2v) is 7.47. The van der Waals surface area contributed by atoms with Gasteiger partial charge in [0.05, 0.1) is 5.75 Å². The van der Waals surface area contributed by atoms with Gasteiger partial charge in [0.15, 0.2) is 5.16 Å². The van der Waals surface area contributed by atoms with Gasteiger partial charge in [-0.25, -0.2) is 9.38 Å². The number of anilines is 3. The van der Waals surface area contributed by atoms with Crippen molar-refractivity contribution in [1.82, 2.24) is 34.9 Å². The molecule has 0 aliphatic heterocycles. The Kier molecular flexibility index (Phi) is 7.22. The topological polar surface area (TPSA) is 125 Å². The molecule has 3 aromatic heterocycles. The summed E-state index contributed by atoms with van der Waals surface area (Å²) in [7, 11) is 3.85. The van der Waals surface area contributed by atoms with Gasteiger partial charge in [-0.3, -0.25) is 4.79 Å². The zero-order valence-electron chi connectivity index (χ0n) is 17.5. The van der Waals surface area contributed by atoms with Gasteiger partial charge in [-0.05, 0) is 31.5 Å². The molecule has 0 saturated carbocycles. The number of nitrogens with zero attached hydrogens (tertiary/aromatic N) is 7. The lowest BCUT2D eigenvalue weighted by molar-refractivity contribution is -0.118. The van der Waals surface area contributed by atoms with Gasteiger partial charge in [-0.1, -0.05) is 11.8 Å². The minimum absolute atomic E-state index is 0.102. The molecular weight excluding hydrogens is 404 g/mol. The van der Waals surface area contributed by atoms with Crippen LogP contribution in [0.4, 0.5) is 17.7 Å². The summed E-state index contributed by atoms with van der Waals surface area (Å²) >= 11 is 1.28. The largest absolute Gasteiger partial charge is 0.363 e. The Bertz CT molecular complexity index is 1010. The van der Waals surface area contributed by atoms with Crippen LogP contribution in [0.3, 0.4) is 0 Å². The number of rotatable bonds is 10. The van der Waals surface area contributed by atoms with E-state index < -0.39 is 0 Å². The van der Waals surface area contributed by atoms with Crippen molar-refractivity contribution in [2.24, 2.45) is 0 Å². The van der Waals surface area contributed by atoms with Crippen molar-refractivity contribution in [2.75, 3.05) is 48.5 Å². The van der Waals surface area contributed by atoms with E-state index in [-0.39, 0.29) is 11.7 Å². The second kappa shape index (κ2) is 10.1. The molecule has 0 aliphatic carbocycles. The molecule has 1 amide bonds. The number of carbonyl (C=O) groups is 1. The van der Waals surface area contributed by atoms with Crippen molar-refractivity contribution in [2.45, 2.75) is 25.5 Å². The molecule has 11 nitrogen and oxygen atoms in total. The monoisotopic (exact) mass is 430 g/mol. The minimum atomic E-state index is -0.102. The number of nitrogens with one attached hydrogen (secondary N) is 3. The van der Waals surface area contributed by atoms with Crippen molar-refractivity contribution in [3.8, 4) is 0 Å². The van der Waals surface area contributed by atoms with E-state index in [2.05, 4.69) is 41.1 Å². The van der Waals surface area contributed by atoms with Crippen molar-refractivity contribution in [3.63, 3.8) is 0 Å². The first-order valence-corrected chi connectivity index (χ1v) is 10.6. The number of amides is 1. The maximum atomic E-state index is 12.3. The van der Waals surface area contributed by atoms with Crippen LogP contribution >= 0.6 is 11.8 Å². The minimum Gasteiger partial charge on any atom is -0.363 e. The summed E-state index contributed by atoms with van der Waals surface area (Å²) in [5.41, 5.74) is 0.985. The van der Waals surface area contributed by atoms with Crippen LogP contribution in [-0.2, 0) is 11.3 Å². The van der Waals surface area contributed by atoms with Gasteiger partial charge in [-0.15, -0.1) is 10.2 Å². The molecule has 0 radical (unpaired) electrons. The fourth-order valence-electron chi connectivity index (χ4n) is 2.59. The number of carbonyl (C=O) groups excluding carboxylic acids is 1. The molecule has 0 fully saturated rings. The molecule has 3 N–H and O–H groups in total. The van der Waals surface area contributed by atoms with Crippen LogP contribution in [0.1, 0.15) is 19.4 Å². The highest BCUT2D eigenvalue weighted by Gasteiger charge is 2.15. The summed E-state index contributed by atoms with van der Waals surface area (Å²) < 4.78 is 1.72. The fraction of sp³-hybridized carbons (Fsp3) is 0.444.